The molecule has 0 spiro atoms. The lowest BCUT2D eigenvalue weighted by molar-refractivity contribution is 0.181. The maximum absolute atomic E-state index is 11.4. The fourth-order valence-corrected chi connectivity index (χ4v) is 1.21. The van der Waals surface area contributed by atoms with Crippen LogP contribution in [0.5, 0.6) is 0 Å². The van der Waals surface area contributed by atoms with Crippen molar-refractivity contribution in [2.45, 2.75) is 32.6 Å². The van der Waals surface area contributed by atoms with Crippen molar-refractivity contribution in [2.75, 3.05) is 27.7 Å². The number of amides is 2. The summed E-state index contributed by atoms with van der Waals surface area (Å²) < 4.78 is 0. The molecule has 0 aromatic rings. The normalized spacial score (nSPS) is 9.85. The fourth-order valence-electron chi connectivity index (χ4n) is 1.21. The van der Waals surface area contributed by atoms with Crippen molar-refractivity contribution in [3.63, 3.8) is 0 Å². The van der Waals surface area contributed by atoms with E-state index in [0.717, 1.165) is 13.0 Å². The highest BCUT2D eigenvalue weighted by molar-refractivity contribution is 5.73. The van der Waals surface area contributed by atoms with Crippen LogP contribution >= 0.6 is 0 Å². The van der Waals surface area contributed by atoms with Gasteiger partial charge < -0.3 is 9.80 Å². The summed E-state index contributed by atoms with van der Waals surface area (Å²) in [4.78, 5) is 14.7. The molecule has 3 heteroatoms. The summed E-state index contributed by atoms with van der Waals surface area (Å²) in [5.74, 6) is 0. The molecule has 0 aliphatic carbocycles. The number of urea groups is 1. The van der Waals surface area contributed by atoms with Gasteiger partial charge in [-0.05, 0) is 6.42 Å². The molecule has 3 nitrogen and oxygen atoms in total. The van der Waals surface area contributed by atoms with Gasteiger partial charge in [-0.25, -0.2) is 4.79 Å². The lowest BCUT2D eigenvalue weighted by Crippen LogP contribution is -2.36. The molecule has 0 heterocycles. The molecule has 0 N–H and O–H groups in total. The molecular formula is C10H22N2O. The standard InChI is InChI=1S/C10H22N2O/c1-5-6-7-8-9-12(4)10(13)11(2)3/h5-9H2,1-4H3. The number of carbonyl (C=O) groups is 1. The van der Waals surface area contributed by atoms with Crippen LogP contribution in [0.1, 0.15) is 32.6 Å². The minimum atomic E-state index is 0.0940. The molecule has 0 aliphatic rings. The van der Waals surface area contributed by atoms with Crippen LogP contribution in [-0.4, -0.2) is 43.5 Å². The van der Waals surface area contributed by atoms with E-state index in [0.29, 0.717) is 0 Å². The molecule has 0 saturated heterocycles. The Bertz CT molecular complexity index is 146. The van der Waals surface area contributed by atoms with Crippen LogP contribution in [0.15, 0.2) is 0 Å². The van der Waals surface area contributed by atoms with E-state index in [9.17, 15) is 4.79 Å². The van der Waals surface area contributed by atoms with Crippen LogP contribution in [0.25, 0.3) is 0 Å². The van der Waals surface area contributed by atoms with Gasteiger partial charge in [0.1, 0.15) is 0 Å². The Balaban J connectivity index is 3.50. The second-order valence-electron chi connectivity index (χ2n) is 3.66. The van der Waals surface area contributed by atoms with Gasteiger partial charge in [-0.1, -0.05) is 26.2 Å². The molecule has 0 aliphatic heterocycles. The maximum Gasteiger partial charge on any atom is 0.319 e. The summed E-state index contributed by atoms with van der Waals surface area (Å²) in [7, 11) is 5.42. The number of hydrogen-bond donors (Lipinski definition) is 0. The number of rotatable bonds is 5. The zero-order valence-electron chi connectivity index (χ0n) is 9.34. The van der Waals surface area contributed by atoms with Gasteiger partial charge in [0, 0.05) is 27.7 Å². The van der Waals surface area contributed by atoms with Gasteiger partial charge in [0.15, 0.2) is 0 Å². The van der Waals surface area contributed by atoms with E-state index in [4.69, 9.17) is 0 Å². The molecule has 0 aromatic heterocycles. The SMILES string of the molecule is CCCCCCN(C)C(=O)N(C)C. The number of unbranched alkanes of at least 4 members (excludes halogenated alkanes) is 3. The van der Waals surface area contributed by atoms with Crippen LogP contribution in [-0.2, 0) is 0 Å². The zero-order chi connectivity index (χ0) is 10.3. The van der Waals surface area contributed by atoms with E-state index < -0.39 is 0 Å². The summed E-state index contributed by atoms with van der Waals surface area (Å²) >= 11 is 0. The first kappa shape index (κ1) is 12.3. The van der Waals surface area contributed by atoms with Crippen molar-refractivity contribution in [1.82, 2.24) is 9.80 Å². The van der Waals surface area contributed by atoms with E-state index in [2.05, 4.69) is 6.92 Å². The van der Waals surface area contributed by atoms with E-state index in [1.807, 2.05) is 7.05 Å². The first-order chi connectivity index (χ1) is 6.09. The Labute approximate surface area is 81.7 Å². The molecule has 0 bridgehead atoms. The van der Waals surface area contributed by atoms with Gasteiger partial charge >= 0.3 is 6.03 Å². The molecule has 0 fully saturated rings. The third kappa shape index (κ3) is 5.50. The highest BCUT2D eigenvalue weighted by Gasteiger charge is 2.08. The van der Waals surface area contributed by atoms with Gasteiger partial charge in [0.25, 0.3) is 0 Å². The van der Waals surface area contributed by atoms with Gasteiger partial charge in [-0.3, -0.25) is 0 Å². The average Bonchev–Trinajstić information content (AvgIpc) is 2.10. The molecule has 0 aromatic carbocycles. The third-order valence-corrected chi connectivity index (χ3v) is 2.06. The minimum absolute atomic E-state index is 0.0940. The van der Waals surface area contributed by atoms with Crippen molar-refractivity contribution < 1.29 is 4.79 Å². The van der Waals surface area contributed by atoms with Gasteiger partial charge in [0.2, 0.25) is 0 Å². The average molecular weight is 186 g/mol. The van der Waals surface area contributed by atoms with Crippen LogP contribution in [0.2, 0.25) is 0 Å². The topological polar surface area (TPSA) is 23.6 Å². The highest BCUT2D eigenvalue weighted by atomic mass is 16.2. The van der Waals surface area contributed by atoms with E-state index in [-0.39, 0.29) is 6.03 Å². The van der Waals surface area contributed by atoms with E-state index in [1.54, 1.807) is 23.9 Å². The Kier molecular flexibility index (Phi) is 6.37. The maximum atomic E-state index is 11.4. The second kappa shape index (κ2) is 6.75. The third-order valence-electron chi connectivity index (χ3n) is 2.06. The summed E-state index contributed by atoms with van der Waals surface area (Å²) in [5, 5.41) is 0. The Morgan fingerprint density at radius 3 is 2.15 bits per heavy atom. The lowest BCUT2D eigenvalue weighted by atomic mass is 10.2. The zero-order valence-corrected chi connectivity index (χ0v) is 9.34. The quantitative estimate of drug-likeness (QED) is 0.604. The molecule has 0 rings (SSSR count). The van der Waals surface area contributed by atoms with Gasteiger partial charge in [-0.15, -0.1) is 0 Å². The second-order valence-corrected chi connectivity index (χ2v) is 3.66. The molecule has 2 amide bonds. The summed E-state index contributed by atoms with van der Waals surface area (Å²) in [6.45, 7) is 3.06. The van der Waals surface area contributed by atoms with Crippen molar-refractivity contribution in [1.29, 1.82) is 0 Å². The lowest BCUT2D eigenvalue weighted by Gasteiger charge is -2.21. The number of nitrogens with zero attached hydrogens (tertiary/aromatic N) is 2. The summed E-state index contributed by atoms with van der Waals surface area (Å²) in [6, 6.07) is 0.0940. The van der Waals surface area contributed by atoms with Crippen molar-refractivity contribution in [3.05, 3.63) is 0 Å². The minimum Gasteiger partial charge on any atom is -0.331 e. The first-order valence-electron chi connectivity index (χ1n) is 5.02. The van der Waals surface area contributed by atoms with E-state index in [1.165, 1.54) is 19.3 Å². The predicted octanol–water partition coefficient (Wildman–Crippen LogP) is 2.18. The molecule has 13 heavy (non-hydrogen) atoms. The van der Waals surface area contributed by atoms with Crippen LogP contribution in [0.4, 0.5) is 4.79 Å². The molecule has 78 valence electrons. The summed E-state index contributed by atoms with van der Waals surface area (Å²) in [6.07, 6.45) is 4.85. The van der Waals surface area contributed by atoms with Crippen molar-refractivity contribution >= 4 is 6.03 Å². The van der Waals surface area contributed by atoms with Gasteiger partial charge in [0.05, 0.1) is 0 Å². The molecule has 0 radical (unpaired) electrons. The van der Waals surface area contributed by atoms with Crippen molar-refractivity contribution in [3.8, 4) is 0 Å². The molecule has 0 atom stereocenters. The van der Waals surface area contributed by atoms with Gasteiger partial charge in [-0.2, -0.15) is 0 Å². The van der Waals surface area contributed by atoms with E-state index >= 15 is 0 Å². The number of hydrogen-bond acceptors (Lipinski definition) is 1. The smallest absolute Gasteiger partial charge is 0.319 e. The van der Waals surface area contributed by atoms with Crippen LogP contribution in [0, 0.1) is 0 Å². The van der Waals surface area contributed by atoms with Crippen LogP contribution < -0.4 is 0 Å². The van der Waals surface area contributed by atoms with Crippen LogP contribution in [0.3, 0.4) is 0 Å². The fraction of sp³-hybridized carbons (Fsp3) is 0.900. The predicted molar refractivity (Wildman–Crippen MR) is 55.9 cm³/mol. The van der Waals surface area contributed by atoms with Crippen molar-refractivity contribution in [2.24, 2.45) is 0 Å². The largest absolute Gasteiger partial charge is 0.331 e. The monoisotopic (exact) mass is 186 g/mol. The Hall–Kier alpha value is -0.730. The molecular weight excluding hydrogens is 164 g/mol. The molecule has 0 saturated carbocycles. The number of carbonyl (C=O) groups excluding carboxylic acids is 1. The highest BCUT2D eigenvalue weighted by Crippen LogP contribution is 2.01. The first-order valence-corrected chi connectivity index (χ1v) is 5.02. The summed E-state index contributed by atoms with van der Waals surface area (Å²) in [5.41, 5.74) is 0. The Morgan fingerprint density at radius 1 is 1.08 bits per heavy atom. The Morgan fingerprint density at radius 2 is 1.69 bits per heavy atom. The molecule has 0 unspecified atom stereocenters.